The minimum Gasteiger partial charge on any atom is -0.456 e. The summed E-state index contributed by atoms with van der Waals surface area (Å²) in [4.78, 5) is 35.0. The number of rotatable bonds is 7. The molecule has 0 aliphatic carbocycles. The first-order valence-electron chi connectivity index (χ1n) is 7.37. The Kier molecular flexibility index (Phi) is 6.51. The third-order valence-electron chi connectivity index (χ3n) is 3.20. The molecule has 1 aromatic heterocycles. The van der Waals surface area contributed by atoms with Gasteiger partial charge >= 0.3 is 5.97 Å². The largest absolute Gasteiger partial charge is 0.456 e. The van der Waals surface area contributed by atoms with E-state index in [9.17, 15) is 14.4 Å². The number of ether oxygens (including phenoxy) is 1. The van der Waals surface area contributed by atoms with Crippen molar-refractivity contribution in [1.29, 1.82) is 0 Å². The molecule has 6 nitrogen and oxygen atoms in total. The molecule has 0 aliphatic rings. The fraction of sp³-hybridized carbons (Fsp3) is 0.235. The molecule has 1 aromatic carbocycles. The summed E-state index contributed by atoms with van der Waals surface area (Å²) in [6.07, 6.45) is 0.828. The van der Waals surface area contributed by atoms with Crippen LogP contribution in [0.1, 0.15) is 22.3 Å². The van der Waals surface area contributed by atoms with Gasteiger partial charge in [0.05, 0.1) is 0 Å². The Morgan fingerprint density at radius 3 is 2.75 bits per heavy atom. The molecule has 0 spiro atoms. The average molecular weight is 346 g/mol. The van der Waals surface area contributed by atoms with E-state index in [2.05, 4.69) is 10.6 Å². The number of anilines is 1. The van der Waals surface area contributed by atoms with Crippen LogP contribution in [0.15, 0.2) is 41.1 Å². The lowest BCUT2D eigenvalue weighted by molar-refractivity contribution is -0.147. The van der Waals surface area contributed by atoms with Crippen LogP contribution >= 0.6 is 11.3 Å². The summed E-state index contributed by atoms with van der Waals surface area (Å²) in [7, 11) is 1.53. The quantitative estimate of drug-likeness (QED) is 0.753. The highest BCUT2D eigenvalue weighted by molar-refractivity contribution is 7.07. The summed E-state index contributed by atoms with van der Waals surface area (Å²) in [5.74, 6) is -1.12. The second-order valence-electron chi connectivity index (χ2n) is 5.00. The second-order valence-corrected chi connectivity index (χ2v) is 5.78. The number of aryl methyl sites for hydroxylation is 1. The average Bonchev–Trinajstić information content (AvgIpc) is 3.11. The van der Waals surface area contributed by atoms with E-state index in [1.54, 1.807) is 35.6 Å². The summed E-state index contributed by atoms with van der Waals surface area (Å²) in [6.45, 7) is -0.354. The minimum atomic E-state index is -0.451. The molecule has 2 aromatic rings. The molecule has 0 radical (unpaired) electrons. The molecule has 2 amide bonds. The number of hydrogen-bond acceptors (Lipinski definition) is 5. The number of esters is 1. The smallest absolute Gasteiger partial charge is 0.306 e. The monoisotopic (exact) mass is 346 g/mol. The molecule has 0 atom stereocenters. The SMILES string of the molecule is CNC(=O)c1cccc(NC(=O)COC(=O)CCc2ccsc2)c1. The molecule has 0 bridgehead atoms. The van der Waals surface area contributed by atoms with Gasteiger partial charge in [0.1, 0.15) is 0 Å². The molecule has 0 saturated heterocycles. The van der Waals surface area contributed by atoms with Crippen LogP contribution in [0.3, 0.4) is 0 Å². The van der Waals surface area contributed by atoms with Crippen LogP contribution in [-0.4, -0.2) is 31.4 Å². The molecule has 1 heterocycles. The van der Waals surface area contributed by atoms with Crippen LogP contribution < -0.4 is 10.6 Å². The predicted octanol–water partition coefficient (Wildman–Crippen LogP) is 2.22. The fourth-order valence-corrected chi connectivity index (χ4v) is 2.68. The third-order valence-corrected chi connectivity index (χ3v) is 3.93. The van der Waals surface area contributed by atoms with E-state index in [1.807, 2.05) is 16.8 Å². The fourth-order valence-electron chi connectivity index (χ4n) is 1.98. The molecule has 24 heavy (non-hydrogen) atoms. The van der Waals surface area contributed by atoms with Crippen molar-refractivity contribution in [2.75, 3.05) is 19.0 Å². The molecule has 0 saturated carbocycles. The van der Waals surface area contributed by atoms with Gasteiger partial charge in [-0.25, -0.2) is 0 Å². The van der Waals surface area contributed by atoms with Crippen LogP contribution in [0.4, 0.5) is 5.69 Å². The van der Waals surface area contributed by atoms with Crippen molar-refractivity contribution in [3.63, 3.8) is 0 Å². The lowest BCUT2D eigenvalue weighted by atomic mass is 10.2. The minimum absolute atomic E-state index is 0.232. The maximum absolute atomic E-state index is 11.8. The number of benzene rings is 1. The molecule has 126 valence electrons. The molecular formula is C17H18N2O4S. The zero-order chi connectivity index (χ0) is 17.4. The number of carbonyl (C=O) groups is 3. The van der Waals surface area contributed by atoms with Gasteiger partial charge < -0.3 is 15.4 Å². The highest BCUT2D eigenvalue weighted by atomic mass is 32.1. The van der Waals surface area contributed by atoms with Gasteiger partial charge in [-0.1, -0.05) is 6.07 Å². The summed E-state index contributed by atoms with van der Waals surface area (Å²) in [5.41, 5.74) is 1.98. The first-order valence-corrected chi connectivity index (χ1v) is 8.31. The van der Waals surface area contributed by atoms with Gasteiger partial charge in [-0.2, -0.15) is 11.3 Å². The number of amides is 2. The highest BCUT2D eigenvalue weighted by Crippen LogP contribution is 2.11. The molecule has 0 aliphatic heterocycles. The lowest BCUT2D eigenvalue weighted by Crippen LogP contribution is -2.22. The third kappa shape index (κ3) is 5.51. The predicted molar refractivity (Wildman–Crippen MR) is 92.1 cm³/mol. The number of nitrogens with one attached hydrogen (secondary N) is 2. The second kappa shape index (κ2) is 8.83. The maximum Gasteiger partial charge on any atom is 0.306 e. The Balaban J connectivity index is 1.76. The van der Waals surface area contributed by atoms with Crippen molar-refractivity contribution in [2.24, 2.45) is 0 Å². The molecule has 0 unspecified atom stereocenters. The van der Waals surface area contributed by atoms with E-state index in [0.29, 0.717) is 17.7 Å². The van der Waals surface area contributed by atoms with Crippen LogP contribution in [0.2, 0.25) is 0 Å². The van der Waals surface area contributed by atoms with Crippen molar-refractivity contribution < 1.29 is 19.1 Å². The summed E-state index contributed by atoms with van der Waals surface area (Å²) in [5, 5.41) is 9.02. The Hall–Kier alpha value is -2.67. The van der Waals surface area contributed by atoms with Crippen molar-refractivity contribution in [3.8, 4) is 0 Å². The zero-order valence-corrected chi connectivity index (χ0v) is 14.0. The highest BCUT2D eigenvalue weighted by Gasteiger charge is 2.10. The van der Waals surface area contributed by atoms with E-state index in [1.165, 1.54) is 7.05 Å². The number of hydrogen-bond donors (Lipinski definition) is 2. The Morgan fingerprint density at radius 2 is 2.04 bits per heavy atom. The maximum atomic E-state index is 11.8. The van der Waals surface area contributed by atoms with Gasteiger partial charge in [0.25, 0.3) is 11.8 Å². The first kappa shape index (κ1) is 17.7. The van der Waals surface area contributed by atoms with Gasteiger partial charge in [0, 0.05) is 24.7 Å². The Labute approximate surface area is 143 Å². The van der Waals surface area contributed by atoms with Crippen LogP contribution in [0.5, 0.6) is 0 Å². The van der Waals surface area contributed by atoms with Gasteiger partial charge in [0.2, 0.25) is 0 Å². The van der Waals surface area contributed by atoms with Gasteiger partial charge in [-0.3, -0.25) is 14.4 Å². The van der Waals surface area contributed by atoms with E-state index >= 15 is 0 Å². The number of carbonyl (C=O) groups excluding carboxylic acids is 3. The van der Waals surface area contributed by atoms with Crippen molar-refractivity contribution in [2.45, 2.75) is 12.8 Å². The standard InChI is InChI=1S/C17H18N2O4S/c1-18-17(22)13-3-2-4-14(9-13)19-15(20)10-23-16(21)6-5-12-7-8-24-11-12/h2-4,7-9,11H,5-6,10H2,1H3,(H,18,22)(H,19,20). The van der Waals surface area contributed by atoms with E-state index in [4.69, 9.17) is 4.74 Å². The van der Waals surface area contributed by atoms with Crippen LogP contribution in [0, 0.1) is 0 Å². The van der Waals surface area contributed by atoms with Crippen molar-refractivity contribution >= 4 is 34.8 Å². The topological polar surface area (TPSA) is 84.5 Å². The molecule has 7 heteroatoms. The van der Waals surface area contributed by atoms with Crippen LogP contribution in [0.25, 0.3) is 0 Å². The number of thiophene rings is 1. The summed E-state index contributed by atoms with van der Waals surface area (Å²) >= 11 is 1.57. The Morgan fingerprint density at radius 1 is 1.21 bits per heavy atom. The van der Waals surface area contributed by atoms with Crippen LogP contribution in [-0.2, 0) is 20.7 Å². The normalized spacial score (nSPS) is 10.0. The van der Waals surface area contributed by atoms with Crippen molar-refractivity contribution in [1.82, 2.24) is 5.32 Å². The summed E-state index contributed by atoms with van der Waals surface area (Å²) < 4.78 is 4.95. The zero-order valence-electron chi connectivity index (χ0n) is 13.2. The van der Waals surface area contributed by atoms with Gasteiger partial charge in [-0.05, 0) is 47.0 Å². The summed E-state index contributed by atoms with van der Waals surface area (Å²) in [6, 6.07) is 8.45. The Bertz CT molecular complexity index is 713. The molecule has 2 rings (SSSR count). The molecule has 2 N–H and O–H groups in total. The first-order chi connectivity index (χ1) is 11.6. The van der Waals surface area contributed by atoms with E-state index in [-0.39, 0.29) is 18.9 Å². The lowest BCUT2D eigenvalue weighted by Gasteiger charge is -2.08. The van der Waals surface area contributed by atoms with Gasteiger partial charge in [-0.15, -0.1) is 0 Å². The van der Waals surface area contributed by atoms with Crippen molar-refractivity contribution in [3.05, 3.63) is 52.2 Å². The van der Waals surface area contributed by atoms with E-state index in [0.717, 1.165) is 5.56 Å². The van der Waals surface area contributed by atoms with E-state index < -0.39 is 11.9 Å². The van der Waals surface area contributed by atoms with Gasteiger partial charge in [0.15, 0.2) is 6.61 Å². The molecule has 0 fully saturated rings. The molecular weight excluding hydrogens is 328 g/mol.